The van der Waals surface area contributed by atoms with Crippen LogP contribution in [0, 0.1) is 0 Å². The van der Waals surface area contributed by atoms with Crippen LogP contribution in [0.5, 0.6) is 0 Å². The van der Waals surface area contributed by atoms with Crippen LogP contribution in [0.25, 0.3) is 5.69 Å². The standard InChI is InChI=1S/C19H18N4O/c24-19(18-13-20-23(22-18)15-9-2-1-3-10-15)21-17-12-6-8-14-7-4-5-11-16(14)17/h1-3,6,8-10,12-13H,4-5,7,11H2,(H,21,24). The van der Waals surface area contributed by atoms with E-state index in [0.29, 0.717) is 5.69 Å². The lowest BCUT2D eigenvalue weighted by atomic mass is 9.90. The van der Waals surface area contributed by atoms with Gasteiger partial charge in [-0.05, 0) is 55.0 Å². The average molecular weight is 318 g/mol. The summed E-state index contributed by atoms with van der Waals surface area (Å²) >= 11 is 0. The molecule has 0 fully saturated rings. The Labute approximate surface area is 140 Å². The minimum absolute atomic E-state index is 0.226. The number of carbonyl (C=O) groups excluding carboxylic acids is 1. The van der Waals surface area contributed by atoms with Crippen LogP contribution in [-0.2, 0) is 12.8 Å². The van der Waals surface area contributed by atoms with Crippen LogP contribution in [0.3, 0.4) is 0 Å². The molecular weight excluding hydrogens is 300 g/mol. The number of amides is 1. The van der Waals surface area contributed by atoms with Gasteiger partial charge in [0.05, 0.1) is 11.9 Å². The first-order valence-electron chi connectivity index (χ1n) is 8.21. The molecule has 0 radical (unpaired) electrons. The molecule has 5 heteroatoms. The van der Waals surface area contributed by atoms with Crippen LogP contribution in [0.4, 0.5) is 5.69 Å². The largest absolute Gasteiger partial charge is 0.320 e. The van der Waals surface area contributed by atoms with Gasteiger partial charge >= 0.3 is 0 Å². The van der Waals surface area contributed by atoms with Gasteiger partial charge < -0.3 is 5.32 Å². The molecule has 0 saturated carbocycles. The van der Waals surface area contributed by atoms with Crippen LogP contribution < -0.4 is 5.32 Å². The fourth-order valence-electron chi connectivity index (χ4n) is 3.14. The molecule has 0 bridgehead atoms. The van der Waals surface area contributed by atoms with Crippen molar-refractivity contribution in [2.75, 3.05) is 5.32 Å². The Morgan fingerprint density at radius 2 is 1.83 bits per heavy atom. The van der Waals surface area contributed by atoms with E-state index in [4.69, 9.17) is 0 Å². The minimum atomic E-state index is -0.226. The van der Waals surface area contributed by atoms with E-state index in [2.05, 4.69) is 21.6 Å². The van der Waals surface area contributed by atoms with Gasteiger partial charge in [-0.1, -0.05) is 30.3 Å². The lowest BCUT2D eigenvalue weighted by Crippen LogP contribution is -2.16. The van der Waals surface area contributed by atoms with Gasteiger partial charge in [0.1, 0.15) is 0 Å². The van der Waals surface area contributed by atoms with E-state index < -0.39 is 0 Å². The summed E-state index contributed by atoms with van der Waals surface area (Å²) < 4.78 is 0. The summed E-state index contributed by atoms with van der Waals surface area (Å²) in [6, 6.07) is 15.7. The highest BCUT2D eigenvalue weighted by Gasteiger charge is 2.17. The predicted molar refractivity (Wildman–Crippen MR) is 92.4 cm³/mol. The number of para-hydroxylation sites is 1. The number of benzene rings is 2. The van der Waals surface area contributed by atoms with Crippen molar-refractivity contribution in [2.45, 2.75) is 25.7 Å². The quantitative estimate of drug-likeness (QED) is 0.805. The molecule has 24 heavy (non-hydrogen) atoms. The second kappa shape index (κ2) is 6.28. The number of hydrogen-bond donors (Lipinski definition) is 1. The minimum Gasteiger partial charge on any atom is -0.320 e. The molecule has 2 aromatic carbocycles. The zero-order valence-corrected chi connectivity index (χ0v) is 13.3. The maximum Gasteiger partial charge on any atom is 0.277 e. The van der Waals surface area contributed by atoms with E-state index in [1.165, 1.54) is 35.0 Å². The Hall–Kier alpha value is -2.95. The van der Waals surface area contributed by atoms with Gasteiger partial charge in [0.2, 0.25) is 0 Å². The monoisotopic (exact) mass is 318 g/mol. The van der Waals surface area contributed by atoms with Crippen molar-refractivity contribution in [3.63, 3.8) is 0 Å². The maximum atomic E-state index is 12.5. The number of carbonyl (C=O) groups is 1. The van der Waals surface area contributed by atoms with Crippen LogP contribution in [-0.4, -0.2) is 20.9 Å². The Balaban J connectivity index is 1.56. The van der Waals surface area contributed by atoms with Crippen LogP contribution in [0.1, 0.15) is 34.5 Å². The van der Waals surface area contributed by atoms with Gasteiger partial charge in [0.15, 0.2) is 5.69 Å². The number of hydrogen-bond acceptors (Lipinski definition) is 3. The molecule has 1 aromatic heterocycles. The first-order valence-corrected chi connectivity index (χ1v) is 8.21. The number of anilines is 1. The molecule has 0 spiro atoms. The molecule has 0 saturated heterocycles. The average Bonchev–Trinajstić information content (AvgIpc) is 3.13. The summed E-state index contributed by atoms with van der Waals surface area (Å²) in [6.07, 6.45) is 5.99. The van der Waals surface area contributed by atoms with Crippen molar-refractivity contribution in [3.8, 4) is 5.69 Å². The third kappa shape index (κ3) is 2.80. The summed E-state index contributed by atoms with van der Waals surface area (Å²) in [5.41, 5.74) is 4.63. The fraction of sp³-hybridized carbons (Fsp3) is 0.211. The molecule has 1 aliphatic rings. The van der Waals surface area contributed by atoms with E-state index >= 15 is 0 Å². The predicted octanol–water partition coefficient (Wildman–Crippen LogP) is 3.40. The van der Waals surface area contributed by atoms with Crippen molar-refractivity contribution >= 4 is 11.6 Å². The molecule has 1 heterocycles. The molecule has 4 rings (SSSR count). The summed E-state index contributed by atoms with van der Waals surface area (Å²) in [5.74, 6) is -0.226. The summed E-state index contributed by atoms with van der Waals surface area (Å²) in [4.78, 5) is 14.0. The van der Waals surface area contributed by atoms with Gasteiger partial charge in [-0.15, -0.1) is 5.10 Å². The highest BCUT2D eigenvalue weighted by atomic mass is 16.2. The molecule has 1 aliphatic carbocycles. The van der Waals surface area contributed by atoms with Crippen LogP contribution in [0.2, 0.25) is 0 Å². The molecule has 1 amide bonds. The SMILES string of the molecule is O=C(Nc1cccc2c1CCCC2)c1cnn(-c2ccccc2)n1. The third-order valence-electron chi connectivity index (χ3n) is 4.36. The van der Waals surface area contributed by atoms with Crippen molar-refractivity contribution in [1.29, 1.82) is 0 Å². The lowest BCUT2D eigenvalue weighted by Gasteiger charge is -2.19. The van der Waals surface area contributed by atoms with E-state index in [0.717, 1.165) is 24.2 Å². The number of nitrogens with one attached hydrogen (secondary N) is 1. The number of fused-ring (bicyclic) bond motifs is 1. The Kier molecular flexibility index (Phi) is 3.83. The summed E-state index contributed by atoms with van der Waals surface area (Å²) in [5, 5.41) is 11.5. The maximum absolute atomic E-state index is 12.5. The number of aromatic nitrogens is 3. The highest BCUT2D eigenvalue weighted by molar-refractivity contribution is 6.03. The number of rotatable bonds is 3. The Bertz CT molecular complexity index is 870. The number of aryl methyl sites for hydroxylation is 1. The smallest absolute Gasteiger partial charge is 0.277 e. The third-order valence-corrected chi connectivity index (χ3v) is 4.36. The van der Waals surface area contributed by atoms with E-state index in [1.807, 2.05) is 42.5 Å². The lowest BCUT2D eigenvalue weighted by molar-refractivity contribution is 0.102. The van der Waals surface area contributed by atoms with E-state index in [1.54, 1.807) is 0 Å². The molecule has 0 unspecified atom stereocenters. The fourth-order valence-corrected chi connectivity index (χ4v) is 3.14. The van der Waals surface area contributed by atoms with Crippen LogP contribution in [0.15, 0.2) is 54.7 Å². The summed E-state index contributed by atoms with van der Waals surface area (Å²) in [6.45, 7) is 0. The Morgan fingerprint density at radius 3 is 2.71 bits per heavy atom. The first-order chi connectivity index (χ1) is 11.8. The molecular formula is C19H18N4O. The normalized spacial score (nSPS) is 13.3. The zero-order chi connectivity index (χ0) is 16.4. The molecule has 3 aromatic rings. The Morgan fingerprint density at radius 1 is 1.00 bits per heavy atom. The molecule has 5 nitrogen and oxygen atoms in total. The van der Waals surface area contributed by atoms with E-state index in [9.17, 15) is 4.79 Å². The van der Waals surface area contributed by atoms with Crippen molar-refractivity contribution in [2.24, 2.45) is 0 Å². The molecule has 0 aliphatic heterocycles. The van der Waals surface area contributed by atoms with Crippen LogP contribution >= 0.6 is 0 Å². The number of nitrogens with zero attached hydrogens (tertiary/aromatic N) is 3. The van der Waals surface area contributed by atoms with Gasteiger partial charge in [0, 0.05) is 5.69 Å². The van der Waals surface area contributed by atoms with Crippen molar-refractivity contribution < 1.29 is 4.79 Å². The van der Waals surface area contributed by atoms with Gasteiger partial charge in [-0.3, -0.25) is 4.79 Å². The van der Waals surface area contributed by atoms with E-state index in [-0.39, 0.29) is 5.91 Å². The molecule has 120 valence electrons. The topological polar surface area (TPSA) is 59.8 Å². The summed E-state index contributed by atoms with van der Waals surface area (Å²) in [7, 11) is 0. The first kappa shape index (κ1) is 14.6. The zero-order valence-electron chi connectivity index (χ0n) is 13.3. The highest BCUT2D eigenvalue weighted by Crippen LogP contribution is 2.28. The van der Waals surface area contributed by atoms with Gasteiger partial charge in [-0.2, -0.15) is 9.90 Å². The van der Waals surface area contributed by atoms with Crippen molar-refractivity contribution in [3.05, 3.63) is 71.5 Å². The molecule has 1 N–H and O–H groups in total. The second-order valence-electron chi connectivity index (χ2n) is 5.96. The van der Waals surface area contributed by atoms with Gasteiger partial charge in [0.25, 0.3) is 5.91 Å². The second-order valence-corrected chi connectivity index (χ2v) is 5.96. The molecule has 0 atom stereocenters. The van der Waals surface area contributed by atoms with Gasteiger partial charge in [-0.25, -0.2) is 0 Å². The van der Waals surface area contributed by atoms with Crippen molar-refractivity contribution in [1.82, 2.24) is 15.0 Å².